The van der Waals surface area contributed by atoms with Crippen molar-refractivity contribution in [1.82, 2.24) is 19.6 Å². The molecule has 0 saturated heterocycles. The zero-order chi connectivity index (χ0) is 21.4. The standard InChI is InChI=1S/C24H26N4O3/c1-30-18-10-7-16(8-11-18)21-15-28(26-25-21)17-9-12-23-20(13-24(29)31-2)19-5-3-4-6-22(19)27(23)14-17/h3-7,10-11,15-17H,8-9,12-14H2,1-2H3/t16-,17?/m1/s1. The Kier molecular flexibility index (Phi) is 5.10. The van der Waals surface area contributed by atoms with Crippen LogP contribution in [-0.4, -0.2) is 39.7 Å². The van der Waals surface area contributed by atoms with Crippen LogP contribution in [0, 0.1) is 0 Å². The van der Waals surface area contributed by atoms with E-state index in [9.17, 15) is 4.79 Å². The summed E-state index contributed by atoms with van der Waals surface area (Å²) in [6.07, 6.45) is 11.3. The van der Waals surface area contributed by atoms with Crippen molar-refractivity contribution in [2.75, 3.05) is 14.2 Å². The smallest absolute Gasteiger partial charge is 0.310 e. The molecule has 0 bridgehead atoms. The highest BCUT2D eigenvalue weighted by atomic mass is 16.5. The predicted octanol–water partition coefficient (Wildman–Crippen LogP) is 3.71. The Morgan fingerprint density at radius 2 is 2.13 bits per heavy atom. The van der Waals surface area contributed by atoms with Gasteiger partial charge in [0, 0.05) is 35.3 Å². The number of rotatable bonds is 5. The largest absolute Gasteiger partial charge is 0.497 e. The van der Waals surface area contributed by atoms with Gasteiger partial charge in [-0.05, 0) is 43.0 Å². The van der Waals surface area contributed by atoms with Gasteiger partial charge in [0.2, 0.25) is 0 Å². The van der Waals surface area contributed by atoms with Gasteiger partial charge >= 0.3 is 5.97 Å². The van der Waals surface area contributed by atoms with E-state index < -0.39 is 0 Å². The third kappa shape index (κ3) is 3.54. The number of methoxy groups -OCH3 is 2. The van der Waals surface area contributed by atoms with Gasteiger partial charge in [0.05, 0.1) is 32.4 Å². The van der Waals surface area contributed by atoms with Crippen molar-refractivity contribution < 1.29 is 14.3 Å². The van der Waals surface area contributed by atoms with Gasteiger partial charge in [-0.15, -0.1) is 5.10 Å². The van der Waals surface area contributed by atoms with Crippen molar-refractivity contribution in [3.63, 3.8) is 0 Å². The minimum atomic E-state index is -0.201. The van der Waals surface area contributed by atoms with Crippen LogP contribution in [0.3, 0.4) is 0 Å². The molecule has 0 fully saturated rings. The molecule has 5 rings (SSSR count). The summed E-state index contributed by atoms with van der Waals surface area (Å²) < 4.78 is 14.6. The van der Waals surface area contributed by atoms with Crippen LogP contribution in [0.5, 0.6) is 0 Å². The number of carbonyl (C=O) groups excluding carboxylic acids is 1. The van der Waals surface area contributed by atoms with Crippen molar-refractivity contribution in [3.8, 4) is 0 Å². The molecule has 1 aliphatic heterocycles. The van der Waals surface area contributed by atoms with Crippen molar-refractivity contribution in [1.29, 1.82) is 0 Å². The van der Waals surface area contributed by atoms with Crippen molar-refractivity contribution in [2.24, 2.45) is 0 Å². The fourth-order valence-corrected chi connectivity index (χ4v) is 4.77. The third-order valence-corrected chi connectivity index (χ3v) is 6.43. The monoisotopic (exact) mass is 418 g/mol. The Labute approximate surface area is 180 Å². The average Bonchev–Trinajstić information content (AvgIpc) is 3.43. The molecule has 0 spiro atoms. The van der Waals surface area contributed by atoms with E-state index >= 15 is 0 Å². The van der Waals surface area contributed by atoms with E-state index in [-0.39, 0.29) is 17.9 Å². The van der Waals surface area contributed by atoms with Gasteiger partial charge in [0.25, 0.3) is 0 Å². The molecule has 0 amide bonds. The molecule has 31 heavy (non-hydrogen) atoms. The van der Waals surface area contributed by atoms with E-state index in [0.29, 0.717) is 6.42 Å². The second-order valence-electron chi connectivity index (χ2n) is 8.13. The van der Waals surface area contributed by atoms with Crippen LogP contribution >= 0.6 is 0 Å². The Hall–Kier alpha value is -3.35. The number of carbonyl (C=O) groups is 1. The van der Waals surface area contributed by atoms with E-state index in [1.165, 1.54) is 12.8 Å². The first-order chi connectivity index (χ1) is 15.2. The van der Waals surface area contributed by atoms with Gasteiger partial charge in [-0.25, -0.2) is 4.68 Å². The van der Waals surface area contributed by atoms with E-state index in [4.69, 9.17) is 9.47 Å². The lowest BCUT2D eigenvalue weighted by Crippen LogP contribution is -2.24. The second-order valence-corrected chi connectivity index (χ2v) is 8.13. The molecule has 160 valence electrons. The van der Waals surface area contributed by atoms with Crippen molar-refractivity contribution in [3.05, 3.63) is 71.4 Å². The number of benzene rings is 1. The summed E-state index contributed by atoms with van der Waals surface area (Å²) in [4.78, 5) is 12.0. The lowest BCUT2D eigenvalue weighted by atomic mass is 9.97. The Balaban J connectivity index is 1.41. The van der Waals surface area contributed by atoms with Crippen LogP contribution in [0.25, 0.3) is 10.9 Å². The van der Waals surface area contributed by atoms with Crippen molar-refractivity contribution in [2.45, 2.75) is 44.2 Å². The van der Waals surface area contributed by atoms with Gasteiger partial charge in [0.15, 0.2) is 0 Å². The quantitative estimate of drug-likeness (QED) is 0.591. The molecule has 0 N–H and O–H groups in total. The number of hydrogen-bond acceptors (Lipinski definition) is 5. The summed E-state index contributed by atoms with van der Waals surface area (Å²) >= 11 is 0. The van der Waals surface area contributed by atoms with Gasteiger partial charge in [-0.1, -0.05) is 29.5 Å². The number of fused-ring (bicyclic) bond motifs is 3. The van der Waals surface area contributed by atoms with E-state index in [2.05, 4.69) is 45.4 Å². The highest BCUT2D eigenvalue weighted by Crippen LogP contribution is 2.35. The summed E-state index contributed by atoms with van der Waals surface area (Å²) in [6.45, 7) is 0.814. The van der Waals surface area contributed by atoms with Crippen LogP contribution < -0.4 is 0 Å². The Morgan fingerprint density at radius 1 is 1.26 bits per heavy atom. The minimum absolute atomic E-state index is 0.201. The summed E-state index contributed by atoms with van der Waals surface area (Å²) in [5.74, 6) is 0.921. The molecule has 0 radical (unpaired) electrons. The molecule has 1 aromatic carbocycles. The number of para-hydroxylation sites is 1. The van der Waals surface area contributed by atoms with Gasteiger partial charge in [0.1, 0.15) is 5.76 Å². The number of ether oxygens (including phenoxy) is 2. The normalized spacial score (nSPS) is 20.4. The van der Waals surface area contributed by atoms with Gasteiger partial charge in [-0.3, -0.25) is 4.79 Å². The number of allylic oxidation sites excluding steroid dienone is 3. The lowest BCUT2D eigenvalue weighted by Gasteiger charge is -2.26. The molecular formula is C24H26N4O3. The highest BCUT2D eigenvalue weighted by Gasteiger charge is 2.28. The fraction of sp³-hybridized carbons (Fsp3) is 0.375. The van der Waals surface area contributed by atoms with Crippen molar-refractivity contribution >= 4 is 16.9 Å². The topological polar surface area (TPSA) is 71.2 Å². The summed E-state index contributed by atoms with van der Waals surface area (Å²) in [5, 5.41) is 10.1. The maximum atomic E-state index is 12.0. The molecule has 2 aliphatic rings. The summed E-state index contributed by atoms with van der Waals surface area (Å²) in [6, 6.07) is 8.52. The van der Waals surface area contributed by atoms with Gasteiger partial charge in [-0.2, -0.15) is 0 Å². The number of nitrogens with zero attached hydrogens (tertiary/aromatic N) is 4. The zero-order valence-corrected chi connectivity index (χ0v) is 17.8. The van der Waals surface area contributed by atoms with E-state index in [1.807, 2.05) is 22.9 Å². The van der Waals surface area contributed by atoms with Crippen LogP contribution in [0.1, 0.15) is 41.8 Å². The second kappa shape index (κ2) is 8.06. The van der Waals surface area contributed by atoms with E-state index in [1.54, 1.807) is 7.11 Å². The first-order valence-electron chi connectivity index (χ1n) is 10.7. The molecular weight excluding hydrogens is 392 g/mol. The molecule has 7 heteroatoms. The molecule has 0 saturated carbocycles. The first-order valence-corrected chi connectivity index (χ1v) is 10.7. The molecule has 1 aliphatic carbocycles. The lowest BCUT2D eigenvalue weighted by molar-refractivity contribution is -0.139. The Morgan fingerprint density at radius 3 is 2.90 bits per heavy atom. The molecule has 3 aromatic rings. The number of hydrogen-bond donors (Lipinski definition) is 0. The summed E-state index contributed by atoms with van der Waals surface area (Å²) in [7, 11) is 3.13. The molecule has 2 aromatic heterocycles. The first kappa shape index (κ1) is 19.6. The third-order valence-electron chi connectivity index (χ3n) is 6.43. The summed E-state index contributed by atoms with van der Waals surface area (Å²) in [5.41, 5.74) is 4.47. The fourth-order valence-electron chi connectivity index (χ4n) is 4.77. The maximum absolute atomic E-state index is 12.0. The SMILES string of the molecule is COC(=O)Cc1c2n(c3ccccc13)CC(n1cc([C@@H]3C=CC(OC)=CC3)nn1)CC2. The van der Waals surface area contributed by atoms with Crippen LogP contribution in [0.2, 0.25) is 0 Å². The van der Waals surface area contributed by atoms with Crippen LogP contribution in [-0.2, 0) is 33.7 Å². The number of aromatic nitrogens is 4. The zero-order valence-electron chi connectivity index (χ0n) is 17.8. The molecule has 7 nitrogen and oxygen atoms in total. The van der Waals surface area contributed by atoms with Gasteiger partial charge < -0.3 is 14.0 Å². The highest BCUT2D eigenvalue weighted by molar-refractivity contribution is 5.89. The molecule has 3 heterocycles. The molecule has 2 atom stereocenters. The predicted molar refractivity (Wildman–Crippen MR) is 117 cm³/mol. The maximum Gasteiger partial charge on any atom is 0.310 e. The molecule has 1 unspecified atom stereocenters. The van der Waals surface area contributed by atoms with Crippen LogP contribution in [0.15, 0.2) is 54.4 Å². The minimum Gasteiger partial charge on any atom is -0.497 e. The van der Waals surface area contributed by atoms with Crippen LogP contribution in [0.4, 0.5) is 0 Å². The average molecular weight is 418 g/mol. The number of esters is 1. The Bertz CT molecular complexity index is 1190. The van der Waals surface area contributed by atoms with E-state index in [0.717, 1.165) is 53.7 Å².